The van der Waals surface area contributed by atoms with Gasteiger partial charge in [-0.1, -0.05) is 74.5 Å². The number of ether oxygens (including phenoxy) is 1. The summed E-state index contributed by atoms with van der Waals surface area (Å²) < 4.78 is 7.42. The number of anilines is 3. The summed E-state index contributed by atoms with van der Waals surface area (Å²) in [5.74, 6) is -0.0492. The fourth-order valence-corrected chi connectivity index (χ4v) is 8.30. The van der Waals surface area contributed by atoms with Crippen LogP contribution in [0.1, 0.15) is 64.0 Å². The largest absolute Gasteiger partial charge is 0.494 e. The number of aromatic nitrogens is 1. The summed E-state index contributed by atoms with van der Waals surface area (Å²) in [6.07, 6.45) is 6.22. The number of carbonyl (C=O) groups is 1. The quantitative estimate of drug-likeness (QED) is 0.0973. The second-order valence-electron chi connectivity index (χ2n) is 13.0. The molecule has 5 nitrogen and oxygen atoms in total. The molecule has 1 heterocycles. The third-order valence-electron chi connectivity index (χ3n) is 10.1. The number of unbranched alkanes of at least 4 members (excludes halogenated alkanes) is 2. The number of hydrogen-bond acceptors (Lipinski definition) is 5. The number of nitrogens with zero attached hydrogens (tertiary/aromatic N) is 2. The SMILES string of the molecule is CCC1(CC)c2cc(-c3nc4ccccc4s3)ccc2-c2ccc(N(c3ccccc3)c3cccc(OCCCCC=C(C)C(=O)O)c3)cc21. The molecule has 0 amide bonds. The molecule has 1 N–H and O–H groups in total. The molecule has 1 aliphatic carbocycles. The number of carboxylic acids is 1. The van der Waals surface area contributed by atoms with E-state index < -0.39 is 5.97 Å². The Bertz CT molecular complexity index is 2150. The standard InChI is InChI=1S/C44H42N2O3S/c1-4-44(5-2)38-27-31(42-45-40-20-11-12-21-41(40)50-42)22-24-36(38)37-25-23-34(29-39(37)44)46(32-16-9-6-10-17-32)33-18-14-19-35(28-33)49-26-13-7-8-15-30(3)43(47)48/h6,9-12,14-25,27-29H,4-5,7-8,13,26H2,1-3H3,(H,47,48). The number of fused-ring (bicyclic) bond motifs is 4. The summed E-state index contributed by atoms with van der Waals surface area (Å²) in [7, 11) is 0. The van der Waals surface area contributed by atoms with Crippen LogP contribution in [-0.2, 0) is 10.2 Å². The van der Waals surface area contributed by atoms with Crippen molar-refractivity contribution in [2.75, 3.05) is 11.5 Å². The number of thiazole rings is 1. The van der Waals surface area contributed by atoms with Crippen LogP contribution < -0.4 is 9.64 Å². The predicted octanol–water partition coefficient (Wildman–Crippen LogP) is 12.1. The molecule has 50 heavy (non-hydrogen) atoms. The van der Waals surface area contributed by atoms with Gasteiger partial charge in [-0.05, 0) is 116 Å². The van der Waals surface area contributed by atoms with E-state index in [9.17, 15) is 4.79 Å². The van der Waals surface area contributed by atoms with Crippen LogP contribution in [-0.4, -0.2) is 22.7 Å². The van der Waals surface area contributed by atoms with Gasteiger partial charge in [-0.15, -0.1) is 11.3 Å². The minimum absolute atomic E-state index is 0.112. The number of benzene rings is 5. The Morgan fingerprint density at radius 1 is 0.800 bits per heavy atom. The monoisotopic (exact) mass is 678 g/mol. The number of rotatable bonds is 13. The van der Waals surface area contributed by atoms with Gasteiger partial charge in [-0.25, -0.2) is 9.78 Å². The van der Waals surface area contributed by atoms with Crippen molar-refractivity contribution in [3.05, 3.63) is 138 Å². The maximum Gasteiger partial charge on any atom is 0.330 e. The van der Waals surface area contributed by atoms with E-state index in [2.05, 4.69) is 128 Å². The van der Waals surface area contributed by atoms with Gasteiger partial charge in [0.15, 0.2) is 0 Å². The Morgan fingerprint density at radius 2 is 1.50 bits per heavy atom. The molecule has 0 aliphatic heterocycles. The van der Waals surface area contributed by atoms with Gasteiger partial charge in [-0.3, -0.25) is 0 Å². The molecule has 0 saturated heterocycles. The highest BCUT2D eigenvalue weighted by atomic mass is 32.1. The molecule has 6 aromatic rings. The molecule has 0 unspecified atom stereocenters. The summed E-state index contributed by atoms with van der Waals surface area (Å²) in [6, 6.07) is 41.1. The van der Waals surface area contributed by atoms with Crippen molar-refractivity contribution in [2.45, 2.75) is 58.3 Å². The van der Waals surface area contributed by atoms with E-state index in [1.165, 1.54) is 32.5 Å². The zero-order valence-electron chi connectivity index (χ0n) is 28.9. The molecule has 0 spiro atoms. The van der Waals surface area contributed by atoms with Gasteiger partial charge in [0, 0.05) is 39.7 Å². The van der Waals surface area contributed by atoms with Crippen molar-refractivity contribution in [3.63, 3.8) is 0 Å². The van der Waals surface area contributed by atoms with E-state index in [4.69, 9.17) is 14.8 Å². The van der Waals surface area contributed by atoms with Crippen molar-refractivity contribution < 1.29 is 14.6 Å². The molecule has 1 aliphatic rings. The molecular formula is C44H42N2O3S. The number of hydrogen-bond donors (Lipinski definition) is 1. The summed E-state index contributed by atoms with van der Waals surface area (Å²) in [5.41, 5.74) is 11.1. The van der Waals surface area contributed by atoms with E-state index in [0.29, 0.717) is 12.2 Å². The van der Waals surface area contributed by atoms with Crippen molar-refractivity contribution in [1.82, 2.24) is 4.98 Å². The van der Waals surface area contributed by atoms with Gasteiger partial charge in [0.1, 0.15) is 10.8 Å². The van der Waals surface area contributed by atoms with Gasteiger partial charge >= 0.3 is 5.97 Å². The van der Waals surface area contributed by atoms with E-state index in [0.717, 1.165) is 65.4 Å². The molecule has 7 rings (SSSR count). The summed E-state index contributed by atoms with van der Waals surface area (Å²) in [6.45, 7) is 6.84. The van der Waals surface area contributed by atoms with Crippen molar-refractivity contribution in [3.8, 4) is 27.4 Å². The van der Waals surface area contributed by atoms with Crippen LogP contribution in [0.5, 0.6) is 5.75 Å². The van der Waals surface area contributed by atoms with E-state index >= 15 is 0 Å². The molecule has 6 heteroatoms. The lowest BCUT2D eigenvalue weighted by molar-refractivity contribution is -0.132. The minimum Gasteiger partial charge on any atom is -0.494 e. The first kappa shape index (κ1) is 33.3. The Balaban J connectivity index is 1.21. The lowest BCUT2D eigenvalue weighted by Gasteiger charge is -2.32. The van der Waals surface area contributed by atoms with Crippen LogP contribution in [0.4, 0.5) is 17.1 Å². The maximum absolute atomic E-state index is 11.1. The smallest absolute Gasteiger partial charge is 0.330 e. The van der Waals surface area contributed by atoms with Gasteiger partial charge in [0.25, 0.3) is 0 Å². The topological polar surface area (TPSA) is 62.7 Å². The van der Waals surface area contributed by atoms with Crippen LogP contribution in [0.2, 0.25) is 0 Å². The Hall–Kier alpha value is -5.20. The highest BCUT2D eigenvalue weighted by Gasteiger charge is 2.41. The fraction of sp³-hybridized carbons (Fsp3) is 0.227. The molecule has 0 bridgehead atoms. The maximum atomic E-state index is 11.1. The number of allylic oxidation sites excluding steroid dienone is 1. The van der Waals surface area contributed by atoms with Gasteiger partial charge < -0.3 is 14.7 Å². The molecular weight excluding hydrogens is 637 g/mol. The second-order valence-corrected chi connectivity index (χ2v) is 14.0. The molecule has 1 aromatic heterocycles. The third-order valence-corrected chi connectivity index (χ3v) is 11.2. The first-order valence-corrected chi connectivity index (χ1v) is 18.4. The van der Waals surface area contributed by atoms with Crippen molar-refractivity contribution >= 4 is 44.6 Å². The summed E-state index contributed by atoms with van der Waals surface area (Å²) >= 11 is 1.76. The first-order valence-electron chi connectivity index (χ1n) is 17.6. The van der Waals surface area contributed by atoms with E-state index in [-0.39, 0.29) is 5.41 Å². The summed E-state index contributed by atoms with van der Waals surface area (Å²) in [4.78, 5) is 18.4. The molecule has 0 atom stereocenters. The number of aliphatic carboxylic acids is 1. The van der Waals surface area contributed by atoms with Gasteiger partial charge in [0.2, 0.25) is 0 Å². The van der Waals surface area contributed by atoms with Crippen molar-refractivity contribution in [1.29, 1.82) is 0 Å². The zero-order chi connectivity index (χ0) is 34.7. The average molecular weight is 679 g/mol. The minimum atomic E-state index is -0.862. The molecule has 0 radical (unpaired) electrons. The summed E-state index contributed by atoms with van der Waals surface area (Å²) in [5, 5.41) is 10.1. The Kier molecular flexibility index (Phi) is 9.55. The normalized spacial score (nSPS) is 13.2. The second kappa shape index (κ2) is 14.3. The third kappa shape index (κ3) is 6.32. The lowest BCUT2D eigenvalue weighted by atomic mass is 9.73. The highest BCUT2D eigenvalue weighted by Crippen LogP contribution is 2.55. The van der Waals surface area contributed by atoms with Crippen LogP contribution in [0, 0.1) is 0 Å². The highest BCUT2D eigenvalue weighted by molar-refractivity contribution is 7.21. The Labute approximate surface area is 298 Å². The van der Waals surface area contributed by atoms with E-state index in [1.807, 2.05) is 6.07 Å². The van der Waals surface area contributed by atoms with Crippen molar-refractivity contribution in [2.24, 2.45) is 0 Å². The van der Waals surface area contributed by atoms with Crippen LogP contribution in [0.3, 0.4) is 0 Å². The van der Waals surface area contributed by atoms with Crippen LogP contribution >= 0.6 is 11.3 Å². The molecule has 5 aromatic carbocycles. The first-order chi connectivity index (χ1) is 24.4. The van der Waals surface area contributed by atoms with Crippen LogP contribution in [0.25, 0.3) is 31.9 Å². The molecule has 0 fully saturated rings. The molecule has 0 saturated carbocycles. The lowest BCUT2D eigenvalue weighted by Crippen LogP contribution is -2.23. The Morgan fingerprint density at radius 3 is 2.26 bits per heavy atom. The van der Waals surface area contributed by atoms with E-state index in [1.54, 1.807) is 24.3 Å². The van der Waals surface area contributed by atoms with Crippen LogP contribution in [0.15, 0.2) is 127 Å². The van der Waals surface area contributed by atoms with Gasteiger partial charge in [0.05, 0.1) is 16.8 Å². The number of carboxylic acid groups (broad SMARTS) is 1. The zero-order valence-corrected chi connectivity index (χ0v) is 29.7. The molecule has 252 valence electrons. The average Bonchev–Trinajstić information content (AvgIpc) is 3.70. The fourth-order valence-electron chi connectivity index (χ4n) is 7.34. The predicted molar refractivity (Wildman–Crippen MR) is 207 cm³/mol. The number of para-hydroxylation sites is 2. The van der Waals surface area contributed by atoms with Gasteiger partial charge in [-0.2, -0.15) is 0 Å².